The Hall–Kier alpha value is -1.60. The Balaban J connectivity index is 2.22. The maximum absolute atomic E-state index is 8.74. The molecule has 1 saturated heterocycles. The van der Waals surface area contributed by atoms with Crippen molar-refractivity contribution < 1.29 is 0 Å². The first-order chi connectivity index (χ1) is 6.70. The van der Waals surface area contributed by atoms with Crippen LogP contribution in [0.4, 0.5) is 5.82 Å². The highest BCUT2D eigenvalue weighted by molar-refractivity contribution is 5.47. The molecular weight excluding hydrogens is 176 g/mol. The summed E-state index contributed by atoms with van der Waals surface area (Å²) in [5.41, 5.74) is 7.10. The maximum Gasteiger partial charge on any atom is 0.128 e. The number of rotatable bonds is 1. The van der Waals surface area contributed by atoms with Gasteiger partial charge in [-0.15, -0.1) is 0 Å². The predicted molar refractivity (Wildman–Crippen MR) is 53.9 cm³/mol. The molecule has 0 spiro atoms. The van der Waals surface area contributed by atoms with Crippen LogP contribution in [0.15, 0.2) is 12.1 Å². The van der Waals surface area contributed by atoms with Gasteiger partial charge < -0.3 is 10.6 Å². The number of nitriles is 1. The summed E-state index contributed by atoms with van der Waals surface area (Å²) in [5.74, 6) is 0.920. The lowest BCUT2D eigenvalue weighted by Crippen LogP contribution is -2.56. The van der Waals surface area contributed by atoms with E-state index in [-0.39, 0.29) is 6.04 Å². The van der Waals surface area contributed by atoms with Gasteiger partial charge in [0.1, 0.15) is 11.9 Å². The molecule has 0 radical (unpaired) electrons. The van der Waals surface area contributed by atoms with Crippen molar-refractivity contribution in [3.05, 3.63) is 23.4 Å². The molecule has 0 amide bonds. The quantitative estimate of drug-likeness (QED) is 0.693. The van der Waals surface area contributed by atoms with Gasteiger partial charge in [0.2, 0.25) is 0 Å². The van der Waals surface area contributed by atoms with Crippen LogP contribution < -0.4 is 10.6 Å². The van der Waals surface area contributed by atoms with E-state index in [0.29, 0.717) is 5.56 Å². The highest BCUT2D eigenvalue weighted by Crippen LogP contribution is 2.18. The van der Waals surface area contributed by atoms with Crippen LogP contribution in [0.5, 0.6) is 0 Å². The van der Waals surface area contributed by atoms with E-state index in [2.05, 4.69) is 16.0 Å². The van der Waals surface area contributed by atoms with Gasteiger partial charge in [-0.3, -0.25) is 0 Å². The van der Waals surface area contributed by atoms with E-state index >= 15 is 0 Å². The second kappa shape index (κ2) is 3.28. The van der Waals surface area contributed by atoms with Crippen molar-refractivity contribution in [2.45, 2.75) is 13.0 Å². The van der Waals surface area contributed by atoms with Gasteiger partial charge in [-0.2, -0.15) is 5.26 Å². The van der Waals surface area contributed by atoms with Crippen molar-refractivity contribution >= 4 is 5.82 Å². The van der Waals surface area contributed by atoms with Crippen LogP contribution in [0.3, 0.4) is 0 Å². The van der Waals surface area contributed by atoms with E-state index in [4.69, 9.17) is 11.0 Å². The lowest BCUT2D eigenvalue weighted by atomic mass is 10.1. The highest BCUT2D eigenvalue weighted by Gasteiger charge is 2.24. The fourth-order valence-corrected chi connectivity index (χ4v) is 1.54. The molecule has 0 saturated carbocycles. The summed E-state index contributed by atoms with van der Waals surface area (Å²) in [4.78, 5) is 6.46. The minimum atomic E-state index is 0.271. The molecule has 0 aromatic carbocycles. The first-order valence-corrected chi connectivity index (χ1v) is 4.59. The first-order valence-electron chi connectivity index (χ1n) is 4.59. The van der Waals surface area contributed by atoms with Gasteiger partial charge in [0.05, 0.1) is 11.3 Å². The zero-order valence-corrected chi connectivity index (χ0v) is 8.07. The number of aromatic nitrogens is 1. The zero-order valence-electron chi connectivity index (χ0n) is 8.07. The van der Waals surface area contributed by atoms with E-state index in [1.54, 1.807) is 0 Å². The fourth-order valence-electron chi connectivity index (χ4n) is 1.54. The normalized spacial score (nSPS) is 16.2. The summed E-state index contributed by atoms with van der Waals surface area (Å²) in [5, 5.41) is 8.74. The number of aryl methyl sites for hydroxylation is 1. The molecule has 2 heterocycles. The Morgan fingerprint density at radius 2 is 2.29 bits per heavy atom. The van der Waals surface area contributed by atoms with E-state index < -0.39 is 0 Å². The summed E-state index contributed by atoms with van der Waals surface area (Å²) < 4.78 is 0. The Morgan fingerprint density at radius 1 is 1.57 bits per heavy atom. The third-order valence-electron chi connectivity index (χ3n) is 2.43. The summed E-state index contributed by atoms with van der Waals surface area (Å²) in [6.07, 6.45) is 0. The molecule has 1 aromatic heterocycles. The topological polar surface area (TPSA) is 65.9 Å². The predicted octanol–water partition coefficient (Wildman–Crippen LogP) is 0.409. The van der Waals surface area contributed by atoms with E-state index in [9.17, 15) is 0 Å². The zero-order chi connectivity index (χ0) is 10.1. The van der Waals surface area contributed by atoms with Gasteiger partial charge in [0, 0.05) is 19.1 Å². The van der Waals surface area contributed by atoms with E-state index in [1.807, 2.05) is 19.1 Å². The average Bonchev–Trinajstić information content (AvgIpc) is 2.13. The maximum atomic E-state index is 8.74. The minimum absolute atomic E-state index is 0.271. The number of hydrogen-bond acceptors (Lipinski definition) is 4. The SMILES string of the molecule is Cc1nc(N2CC(N)C2)ccc1C#N. The summed E-state index contributed by atoms with van der Waals surface area (Å²) >= 11 is 0. The number of hydrogen-bond donors (Lipinski definition) is 1. The van der Waals surface area contributed by atoms with Gasteiger partial charge in [0.15, 0.2) is 0 Å². The molecule has 1 aromatic rings. The second-order valence-electron chi connectivity index (χ2n) is 3.58. The van der Waals surface area contributed by atoms with Crippen LogP contribution in [0.1, 0.15) is 11.3 Å². The Morgan fingerprint density at radius 3 is 2.79 bits per heavy atom. The van der Waals surface area contributed by atoms with Gasteiger partial charge in [-0.25, -0.2) is 4.98 Å². The van der Waals surface area contributed by atoms with Crippen LogP contribution >= 0.6 is 0 Å². The minimum Gasteiger partial charge on any atom is -0.353 e. The summed E-state index contributed by atoms with van der Waals surface area (Å²) in [7, 11) is 0. The molecule has 1 aliphatic heterocycles. The van der Waals surface area contributed by atoms with Crippen molar-refractivity contribution in [2.75, 3.05) is 18.0 Å². The van der Waals surface area contributed by atoms with E-state index in [1.165, 1.54) is 0 Å². The van der Waals surface area contributed by atoms with Crippen molar-refractivity contribution in [2.24, 2.45) is 5.73 Å². The van der Waals surface area contributed by atoms with Crippen LogP contribution in [0.2, 0.25) is 0 Å². The van der Waals surface area contributed by atoms with Crippen LogP contribution in [0, 0.1) is 18.3 Å². The number of pyridine rings is 1. The number of nitrogens with zero attached hydrogens (tertiary/aromatic N) is 3. The molecule has 0 aliphatic carbocycles. The molecule has 72 valence electrons. The van der Waals surface area contributed by atoms with Crippen molar-refractivity contribution in [1.82, 2.24) is 4.98 Å². The summed E-state index contributed by atoms with van der Waals surface area (Å²) in [6.45, 7) is 3.57. The average molecular weight is 188 g/mol. The van der Waals surface area contributed by atoms with Crippen molar-refractivity contribution in [3.63, 3.8) is 0 Å². The van der Waals surface area contributed by atoms with Gasteiger partial charge >= 0.3 is 0 Å². The lowest BCUT2D eigenvalue weighted by Gasteiger charge is -2.37. The molecule has 0 unspecified atom stereocenters. The lowest BCUT2D eigenvalue weighted by molar-refractivity contribution is 0.514. The van der Waals surface area contributed by atoms with Gasteiger partial charge in [-0.1, -0.05) is 0 Å². The summed E-state index contributed by atoms with van der Waals surface area (Å²) in [6, 6.07) is 6.05. The van der Waals surface area contributed by atoms with Crippen molar-refractivity contribution in [3.8, 4) is 6.07 Å². The van der Waals surface area contributed by atoms with Crippen LogP contribution in [-0.2, 0) is 0 Å². The Labute approximate surface area is 83.0 Å². The van der Waals surface area contributed by atoms with Gasteiger partial charge in [-0.05, 0) is 19.1 Å². The molecular formula is C10H12N4. The monoisotopic (exact) mass is 188 g/mol. The molecule has 1 fully saturated rings. The Bertz CT molecular complexity index is 388. The molecule has 14 heavy (non-hydrogen) atoms. The molecule has 2 N–H and O–H groups in total. The molecule has 2 rings (SSSR count). The molecule has 1 aliphatic rings. The smallest absolute Gasteiger partial charge is 0.128 e. The number of nitrogens with two attached hydrogens (primary N) is 1. The first kappa shape index (κ1) is 8.97. The molecule has 0 atom stereocenters. The van der Waals surface area contributed by atoms with Crippen LogP contribution in [0.25, 0.3) is 0 Å². The van der Waals surface area contributed by atoms with E-state index in [0.717, 1.165) is 24.6 Å². The molecule has 0 bridgehead atoms. The number of anilines is 1. The molecule has 4 nitrogen and oxygen atoms in total. The van der Waals surface area contributed by atoms with Gasteiger partial charge in [0.25, 0.3) is 0 Å². The molecule has 4 heteroatoms. The Kier molecular flexibility index (Phi) is 2.10. The van der Waals surface area contributed by atoms with Crippen LogP contribution in [-0.4, -0.2) is 24.1 Å². The second-order valence-corrected chi connectivity index (χ2v) is 3.58. The fraction of sp³-hybridized carbons (Fsp3) is 0.400. The highest BCUT2D eigenvalue weighted by atomic mass is 15.3. The largest absolute Gasteiger partial charge is 0.353 e. The third-order valence-corrected chi connectivity index (χ3v) is 2.43. The third kappa shape index (κ3) is 1.42. The standard InChI is InChI=1S/C10H12N4/c1-7-8(4-11)2-3-10(13-7)14-5-9(12)6-14/h2-3,9H,5-6,12H2,1H3. The van der Waals surface area contributed by atoms with Crippen molar-refractivity contribution in [1.29, 1.82) is 5.26 Å².